The van der Waals surface area contributed by atoms with E-state index in [9.17, 15) is 4.79 Å². The summed E-state index contributed by atoms with van der Waals surface area (Å²) in [6.45, 7) is 2.63. The molecule has 0 bridgehead atoms. The number of primary amides is 1. The van der Waals surface area contributed by atoms with Crippen molar-refractivity contribution in [3.63, 3.8) is 0 Å². The first kappa shape index (κ1) is 14.8. The molecule has 0 aliphatic carbocycles. The van der Waals surface area contributed by atoms with Gasteiger partial charge in [0, 0.05) is 31.4 Å². The Morgan fingerprint density at radius 2 is 2.50 bits per heavy atom. The molecule has 1 saturated heterocycles. The van der Waals surface area contributed by atoms with Crippen LogP contribution in [-0.4, -0.2) is 36.9 Å². The minimum Gasteiger partial charge on any atom is -0.370 e. The number of piperidine rings is 1. The molecule has 0 saturated carbocycles. The number of amides is 1. The minimum absolute atomic E-state index is 0.210. The smallest absolute Gasteiger partial charge is 0.217 e. The summed E-state index contributed by atoms with van der Waals surface area (Å²) in [5, 5.41) is 5.46. The van der Waals surface area contributed by atoms with Crippen molar-refractivity contribution in [3.05, 3.63) is 22.4 Å². The third-order valence-corrected chi connectivity index (χ3v) is 4.40. The van der Waals surface area contributed by atoms with E-state index >= 15 is 0 Å². The Morgan fingerprint density at radius 3 is 3.15 bits per heavy atom. The van der Waals surface area contributed by atoms with Crippen LogP contribution in [0.2, 0.25) is 0 Å². The molecule has 0 radical (unpaired) electrons. The summed E-state index contributed by atoms with van der Waals surface area (Å²) < 4.78 is 0. The quantitative estimate of drug-likeness (QED) is 0.651. The fourth-order valence-electron chi connectivity index (χ4n) is 2.62. The van der Waals surface area contributed by atoms with Gasteiger partial charge >= 0.3 is 0 Å². The average Bonchev–Trinajstić information content (AvgIpc) is 2.92. The van der Waals surface area contributed by atoms with Crippen LogP contribution in [0, 0.1) is 5.92 Å². The number of rotatable bonds is 4. The van der Waals surface area contributed by atoms with Gasteiger partial charge in [0.1, 0.15) is 0 Å². The number of hydrogen-bond acceptors (Lipinski definition) is 3. The molecule has 1 fully saturated rings. The van der Waals surface area contributed by atoms with E-state index in [1.54, 1.807) is 18.4 Å². The molecule has 1 aliphatic rings. The number of nitrogens with two attached hydrogens (primary N) is 1. The third-order valence-electron chi connectivity index (χ3n) is 3.52. The van der Waals surface area contributed by atoms with Crippen LogP contribution < -0.4 is 11.1 Å². The highest BCUT2D eigenvalue weighted by atomic mass is 32.1. The lowest BCUT2D eigenvalue weighted by Gasteiger charge is -2.34. The average molecular weight is 294 g/mol. The second kappa shape index (κ2) is 7.28. The molecule has 2 rings (SSSR count). The molecule has 1 aliphatic heterocycles. The predicted molar refractivity (Wildman–Crippen MR) is 82.6 cm³/mol. The lowest BCUT2D eigenvalue weighted by molar-refractivity contribution is -0.119. The Hall–Kier alpha value is -1.56. The molecule has 3 N–H and O–H groups in total. The van der Waals surface area contributed by atoms with Crippen molar-refractivity contribution in [2.24, 2.45) is 16.6 Å². The van der Waals surface area contributed by atoms with E-state index in [0.29, 0.717) is 12.3 Å². The Balaban J connectivity index is 1.88. The molecule has 0 spiro atoms. The number of guanidine groups is 1. The molecule has 110 valence electrons. The van der Waals surface area contributed by atoms with Gasteiger partial charge in [-0.05, 0) is 30.2 Å². The third kappa shape index (κ3) is 4.23. The number of aliphatic imine (C=N–C) groups is 1. The topological polar surface area (TPSA) is 70.7 Å². The van der Waals surface area contributed by atoms with Crippen LogP contribution in [0.15, 0.2) is 22.5 Å². The van der Waals surface area contributed by atoms with Gasteiger partial charge in [-0.15, -0.1) is 11.3 Å². The zero-order valence-corrected chi connectivity index (χ0v) is 12.7. The Labute approximate surface area is 123 Å². The van der Waals surface area contributed by atoms with Crippen LogP contribution in [0.5, 0.6) is 0 Å². The summed E-state index contributed by atoms with van der Waals surface area (Å²) in [6.07, 6.45) is 2.62. The van der Waals surface area contributed by atoms with Crippen molar-refractivity contribution in [1.29, 1.82) is 0 Å². The molecule has 1 aromatic rings. The first-order chi connectivity index (χ1) is 9.69. The fourth-order valence-corrected chi connectivity index (χ4v) is 3.26. The second-order valence-corrected chi connectivity index (χ2v) is 6.14. The summed E-state index contributed by atoms with van der Waals surface area (Å²) in [6, 6.07) is 4.16. The largest absolute Gasteiger partial charge is 0.370 e. The number of hydrogen-bond donors (Lipinski definition) is 2. The highest BCUT2D eigenvalue weighted by Crippen LogP contribution is 2.19. The maximum atomic E-state index is 11.1. The van der Waals surface area contributed by atoms with Gasteiger partial charge in [-0.3, -0.25) is 9.79 Å². The van der Waals surface area contributed by atoms with Gasteiger partial charge in [-0.1, -0.05) is 6.07 Å². The van der Waals surface area contributed by atoms with Crippen LogP contribution >= 0.6 is 11.3 Å². The van der Waals surface area contributed by atoms with Gasteiger partial charge in [-0.2, -0.15) is 0 Å². The van der Waals surface area contributed by atoms with E-state index in [4.69, 9.17) is 5.73 Å². The number of nitrogens with one attached hydrogen (secondary N) is 1. The lowest BCUT2D eigenvalue weighted by atomic mass is 9.95. The highest BCUT2D eigenvalue weighted by molar-refractivity contribution is 7.09. The first-order valence-electron chi connectivity index (χ1n) is 6.95. The van der Waals surface area contributed by atoms with Crippen molar-refractivity contribution in [3.8, 4) is 0 Å². The Bertz CT molecular complexity index is 458. The first-order valence-corrected chi connectivity index (χ1v) is 7.83. The molecule has 1 unspecified atom stereocenters. The van der Waals surface area contributed by atoms with Gasteiger partial charge in [0.25, 0.3) is 0 Å². The summed E-state index contributed by atoms with van der Waals surface area (Å²) in [7, 11) is 1.80. The number of carbonyl (C=O) groups excluding carboxylic acids is 1. The van der Waals surface area contributed by atoms with Gasteiger partial charge in [0.2, 0.25) is 5.91 Å². The van der Waals surface area contributed by atoms with Crippen molar-refractivity contribution in [2.45, 2.75) is 25.8 Å². The zero-order valence-electron chi connectivity index (χ0n) is 11.8. The fraction of sp³-hybridized carbons (Fsp3) is 0.571. The van der Waals surface area contributed by atoms with Crippen LogP contribution in [0.25, 0.3) is 0 Å². The molecule has 20 heavy (non-hydrogen) atoms. The van der Waals surface area contributed by atoms with Gasteiger partial charge in [0.15, 0.2) is 5.96 Å². The van der Waals surface area contributed by atoms with Crippen LogP contribution in [0.1, 0.15) is 24.1 Å². The van der Waals surface area contributed by atoms with Crippen LogP contribution in [0.3, 0.4) is 0 Å². The van der Waals surface area contributed by atoms with E-state index in [0.717, 1.165) is 38.4 Å². The standard InChI is InChI=1S/C14H22N4OS/c1-16-14(17-9-12-5-3-7-20-12)18-6-2-4-11(10-18)8-13(15)19/h3,5,7,11H,2,4,6,8-10H2,1H3,(H2,15,19)(H,16,17). The van der Waals surface area contributed by atoms with Crippen molar-refractivity contribution in [2.75, 3.05) is 20.1 Å². The molecule has 1 aromatic heterocycles. The molecule has 1 amide bonds. The van der Waals surface area contributed by atoms with E-state index in [1.807, 2.05) is 6.07 Å². The molecule has 2 heterocycles. The molecule has 1 atom stereocenters. The maximum absolute atomic E-state index is 11.1. The minimum atomic E-state index is -0.210. The van der Waals surface area contributed by atoms with Gasteiger partial charge in [-0.25, -0.2) is 0 Å². The monoisotopic (exact) mass is 294 g/mol. The summed E-state index contributed by atoms with van der Waals surface area (Å²) in [5.41, 5.74) is 5.30. The number of likely N-dealkylation sites (tertiary alicyclic amines) is 1. The zero-order chi connectivity index (χ0) is 14.4. The van der Waals surface area contributed by atoms with Crippen molar-refractivity contribution < 1.29 is 4.79 Å². The second-order valence-electron chi connectivity index (χ2n) is 5.10. The number of nitrogens with zero attached hydrogens (tertiary/aromatic N) is 2. The van der Waals surface area contributed by atoms with Crippen LogP contribution in [-0.2, 0) is 11.3 Å². The summed E-state index contributed by atoms with van der Waals surface area (Å²) in [4.78, 5) is 18.9. The van der Waals surface area contributed by atoms with Crippen LogP contribution in [0.4, 0.5) is 0 Å². The molecule has 5 nitrogen and oxygen atoms in total. The highest BCUT2D eigenvalue weighted by Gasteiger charge is 2.23. The number of carbonyl (C=O) groups is 1. The Kier molecular flexibility index (Phi) is 5.40. The van der Waals surface area contributed by atoms with E-state index in [-0.39, 0.29) is 5.91 Å². The van der Waals surface area contributed by atoms with Gasteiger partial charge < -0.3 is 16.0 Å². The summed E-state index contributed by atoms with van der Waals surface area (Å²) in [5.74, 6) is 1.05. The Morgan fingerprint density at radius 1 is 1.65 bits per heavy atom. The van der Waals surface area contributed by atoms with E-state index < -0.39 is 0 Å². The number of thiophene rings is 1. The molecular formula is C14H22N4OS. The lowest BCUT2D eigenvalue weighted by Crippen LogP contribution is -2.46. The molecular weight excluding hydrogens is 272 g/mol. The normalized spacial score (nSPS) is 19.9. The maximum Gasteiger partial charge on any atom is 0.217 e. The van der Waals surface area contributed by atoms with E-state index in [2.05, 4.69) is 26.7 Å². The van der Waals surface area contributed by atoms with E-state index in [1.165, 1.54) is 4.88 Å². The molecule has 0 aromatic carbocycles. The summed E-state index contributed by atoms with van der Waals surface area (Å²) >= 11 is 1.73. The van der Waals surface area contributed by atoms with Gasteiger partial charge in [0.05, 0.1) is 6.54 Å². The SMILES string of the molecule is CN=C(NCc1cccs1)N1CCCC(CC(N)=O)C1. The predicted octanol–water partition coefficient (Wildman–Crippen LogP) is 1.41. The molecule has 6 heteroatoms. The van der Waals surface area contributed by atoms with Crippen molar-refractivity contribution in [1.82, 2.24) is 10.2 Å². The van der Waals surface area contributed by atoms with Crippen molar-refractivity contribution >= 4 is 23.2 Å².